The molecule has 0 spiro atoms. The molecule has 0 aliphatic heterocycles. The first-order valence-electron chi connectivity index (χ1n) is 5.71. The molecule has 0 N–H and O–H groups in total. The number of hydrogen-bond acceptors (Lipinski definition) is 3. The summed E-state index contributed by atoms with van der Waals surface area (Å²) < 4.78 is 28.2. The predicted octanol–water partition coefficient (Wildman–Crippen LogP) is 3.02. The maximum absolute atomic E-state index is 11.9. The Hall–Kier alpha value is -1.67. The fourth-order valence-electron chi connectivity index (χ4n) is 1.60. The van der Waals surface area contributed by atoms with Crippen LogP contribution in [0.2, 0.25) is 0 Å². The topological polar surface area (TPSA) is 36.3 Å². The summed E-state index contributed by atoms with van der Waals surface area (Å²) in [5, 5.41) is 8.43. The molecule has 0 aromatic heterocycles. The van der Waals surface area contributed by atoms with Crippen molar-refractivity contribution in [3.63, 3.8) is 0 Å². The summed E-state index contributed by atoms with van der Waals surface area (Å²) in [6.45, 7) is -1.23. The van der Waals surface area contributed by atoms with E-state index in [1.807, 2.05) is 7.05 Å². The van der Waals surface area contributed by atoms with E-state index < -0.39 is 6.61 Å². The van der Waals surface area contributed by atoms with Gasteiger partial charge >= 0.3 is 6.61 Å². The Labute approximate surface area is 106 Å². The lowest BCUT2D eigenvalue weighted by atomic mass is 10.2. The summed E-state index contributed by atoms with van der Waals surface area (Å²) in [6.07, 6.45) is 1.38. The van der Waals surface area contributed by atoms with Crippen molar-refractivity contribution in [1.82, 2.24) is 4.90 Å². The van der Waals surface area contributed by atoms with E-state index in [1.165, 1.54) is 12.1 Å². The SMILES string of the molecule is CN(CCCC#N)Cc1ccc(OC(F)F)cc1. The minimum absolute atomic E-state index is 0.167. The number of hydrogen-bond donors (Lipinski definition) is 0. The molecule has 0 radical (unpaired) electrons. The second-order valence-corrected chi connectivity index (χ2v) is 4.02. The van der Waals surface area contributed by atoms with Crippen molar-refractivity contribution in [3.05, 3.63) is 29.8 Å². The number of ether oxygens (including phenoxy) is 1. The molecule has 1 rings (SSSR count). The molecule has 18 heavy (non-hydrogen) atoms. The normalized spacial score (nSPS) is 10.7. The molecule has 0 bridgehead atoms. The third-order valence-electron chi connectivity index (χ3n) is 2.43. The highest BCUT2D eigenvalue weighted by Gasteiger charge is 2.04. The summed E-state index contributed by atoms with van der Waals surface area (Å²) in [7, 11) is 1.96. The van der Waals surface area contributed by atoms with Crippen LogP contribution >= 0.6 is 0 Å². The fraction of sp³-hybridized carbons (Fsp3) is 0.462. The molecule has 0 heterocycles. The van der Waals surface area contributed by atoms with E-state index >= 15 is 0 Å². The summed E-state index contributed by atoms with van der Waals surface area (Å²) in [5.74, 6) is 0.167. The van der Waals surface area contributed by atoms with Crippen molar-refractivity contribution in [2.45, 2.75) is 26.0 Å². The molecular formula is C13H16F2N2O. The maximum Gasteiger partial charge on any atom is 0.387 e. The van der Waals surface area contributed by atoms with E-state index in [0.29, 0.717) is 6.42 Å². The Morgan fingerprint density at radius 3 is 2.56 bits per heavy atom. The highest BCUT2D eigenvalue weighted by molar-refractivity contribution is 5.27. The molecular weight excluding hydrogens is 238 g/mol. The van der Waals surface area contributed by atoms with Gasteiger partial charge in [-0.2, -0.15) is 14.0 Å². The Kier molecular flexibility index (Phi) is 6.09. The lowest BCUT2D eigenvalue weighted by Gasteiger charge is -2.16. The zero-order chi connectivity index (χ0) is 13.4. The van der Waals surface area contributed by atoms with Crippen LogP contribution in [0, 0.1) is 11.3 Å². The van der Waals surface area contributed by atoms with Gasteiger partial charge in [-0.05, 0) is 37.7 Å². The molecule has 0 aliphatic rings. The van der Waals surface area contributed by atoms with Crippen molar-refractivity contribution < 1.29 is 13.5 Å². The molecule has 1 aromatic carbocycles. The minimum Gasteiger partial charge on any atom is -0.435 e. The zero-order valence-electron chi connectivity index (χ0n) is 10.3. The second kappa shape index (κ2) is 7.62. The van der Waals surface area contributed by atoms with E-state index in [0.717, 1.165) is 25.1 Å². The Morgan fingerprint density at radius 2 is 2.00 bits per heavy atom. The first-order chi connectivity index (χ1) is 8.61. The molecule has 0 fully saturated rings. The lowest BCUT2D eigenvalue weighted by molar-refractivity contribution is -0.0498. The summed E-state index contributed by atoms with van der Waals surface area (Å²) in [6, 6.07) is 8.69. The molecule has 0 atom stereocenters. The number of rotatable bonds is 7. The average Bonchev–Trinajstić information content (AvgIpc) is 2.31. The number of nitrogens with zero attached hydrogens (tertiary/aromatic N) is 2. The van der Waals surface area contributed by atoms with E-state index in [4.69, 9.17) is 5.26 Å². The van der Waals surface area contributed by atoms with E-state index in [9.17, 15) is 8.78 Å². The van der Waals surface area contributed by atoms with Gasteiger partial charge in [0.2, 0.25) is 0 Å². The number of unbranched alkanes of at least 4 members (excludes halogenated alkanes) is 1. The van der Waals surface area contributed by atoms with Gasteiger partial charge in [-0.1, -0.05) is 12.1 Å². The van der Waals surface area contributed by atoms with Crippen LogP contribution in [0.25, 0.3) is 0 Å². The fourth-order valence-corrected chi connectivity index (χ4v) is 1.60. The van der Waals surface area contributed by atoms with Gasteiger partial charge in [0.1, 0.15) is 5.75 Å². The Bertz CT molecular complexity index is 387. The monoisotopic (exact) mass is 254 g/mol. The van der Waals surface area contributed by atoms with Gasteiger partial charge in [0.05, 0.1) is 6.07 Å². The Morgan fingerprint density at radius 1 is 1.33 bits per heavy atom. The van der Waals surface area contributed by atoms with Gasteiger partial charge in [0.15, 0.2) is 0 Å². The van der Waals surface area contributed by atoms with Crippen LogP contribution in [-0.2, 0) is 6.54 Å². The summed E-state index contributed by atoms with van der Waals surface area (Å²) >= 11 is 0. The molecule has 1 aromatic rings. The molecule has 0 saturated heterocycles. The third-order valence-corrected chi connectivity index (χ3v) is 2.43. The van der Waals surface area contributed by atoms with Gasteiger partial charge in [-0.15, -0.1) is 0 Å². The first kappa shape index (κ1) is 14.4. The van der Waals surface area contributed by atoms with Crippen LogP contribution in [0.3, 0.4) is 0 Å². The van der Waals surface area contributed by atoms with Crippen molar-refractivity contribution in [2.24, 2.45) is 0 Å². The second-order valence-electron chi connectivity index (χ2n) is 4.02. The first-order valence-corrected chi connectivity index (χ1v) is 5.71. The highest BCUT2D eigenvalue weighted by Crippen LogP contribution is 2.15. The van der Waals surface area contributed by atoms with Crippen LogP contribution < -0.4 is 4.74 Å². The molecule has 5 heteroatoms. The van der Waals surface area contributed by atoms with Crippen molar-refractivity contribution in [1.29, 1.82) is 5.26 Å². The minimum atomic E-state index is -2.79. The predicted molar refractivity (Wildman–Crippen MR) is 64.3 cm³/mol. The summed E-state index contributed by atoms with van der Waals surface area (Å²) in [5.41, 5.74) is 1.02. The van der Waals surface area contributed by atoms with E-state index in [1.54, 1.807) is 12.1 Å². The van der Waals surface area contributed by atoms with Crippen molar-refractivity contribution in [2.75, 3.05) is 13.6 Å². The van der Waals surface area contributed by atoms with E-state index in [2.05, 4.69) is 15.7 Å². The van der Waals surface area contributed by atoms with Crippen LogP contribution in [0.15, 0.2) is 24.3 Å². The Balaban J connectivity index is 2.41. The number of nitriles is 1. The van der Waals surface area contributed by atoms with Gasteiger partial charge in [-0.3, -0.25) is 0 Å². The molecule has 3 nitrogen and oxygen atoms in total. The van der Waals surface area contributed by atoms with Crippen LogP contribution in [0.1, 0.15) is 18.4 Å². The van der Waals surface area contributed by atoms with Crippen molar-refractivity contribution in [3.8, 4) is 11.8 Å². The van der Waals surface area contributed by atoms with Crippen molar-refractivity contribution >= 4 is 0 Å². The van der Waals surface area contributed by atoms with Crippen LogP contribution in [0.5, 0.6) is 5.75 Å². The zero-order valence-corrected chi connectivity index (χ0v) is 10.3. The lowest BCUT2D eigenvalue weighted by Crippen LogP contribution is -2.18. The third kappa shape index (κ3) is 5.60. The standard InChI is InChI=1S/C13H16F2N2O/c1-17(9-3-2-8-16)10-11-4-6-12(7-5-11)18-13(14)15/h4-7,13H,2-3,9-10H2,1H3. The largest absolute Gasteiger partial charge is 0.435 e. The number of alkyl halides is 2. The smallest absolute Gasteiger partial charge is 0.387 e. The molecule has 0 aliphatic carbocycles. The number of halogens is 2. The van der Waals surface area contributed by atoms with Crippen LogP contribution in [-0.4, -0.2) is 25.1 Å². The molecule has 0 unspecified atom stereocenters. The van der Waals surface area contributed by atoms with Crippen LogP contribution in [0.4, 0.5) is 8.78 Å². The summed E-state index contributed by atoms with van der Waals surface area (Å²) in [4.78, 5) is 2.08. The molecule has 98 valence electrons. The molecule has 0 saturated carbocycles. The van der Waals surface area contributed by atoms with Gasteiger partial charge in [0, 0.05) is 13.0 Å². The van der Waals surface area contributed by atoms with Gasteiger partial charge in [0.25, 0.3) is 0 Å². The quantitative estimate of drug-likeness (QED) is 0.702. The van der Waals surface area contributed by atoms with Gasteiger partial charge in [-0.25, -0.2) is 0 Å². The maximum atomic E-state index is 11.9. The number of benzene rings is 1. The van der Waals surface area contributed by atoms with Gasteiger partial charge < -0.3 is 9.64 Å². The average molecular weight is 254 g/mol. The highest BCUT2D eigenvalue weighted by atomic mass is 19.3. The van der Waals surface area contributed by atoms with E-state index in [-0.39, 0.29) is 5.75 Å². The molecule has 0 amide bonds.